The minimum absolute atomic E-state index is 0.179. The molecule has 0 atom stereocenters. The molecule has 27 heavy (non-hydrogen) atoms. The molecule has 0 bridgehead atoms. The van der Waals surface area contributed by atoms with Crippen LogP contribution in [-0.4, -0.2) is 24.1 Å². The van der Waals surface area contributed by atoms with Gasteiger partial charge in [0.05, 0.1) is 0 Å². The van der Waals surface area contributed by atoms with E-state index < -0.39 is 0 Å². The molecule has 0 saturated carbocycles. The van der Waals surface area contributed by atoms with Crippen molar-refractivity contribution in [2.45, 2.75) is 13.1 Å². The maximum absolute atomic E-state index is 8.39. The Kier molecular flexibility index (Phi) is 5.06. The minimum Gasteiger partial charge on any atom is -0.490 e. The average Bonchev–Trinajstić information content (AvgIpc) is 2.89. The summed E-state index contributed by atoms with van der Waals surface area (Å²) in [6.07, 6.45) is 0. The van der Waals surface area contributed by atoms with Gasteiger partial charge >= 0.3 is 0 Å². The van der Waals surface area contributed by atoms with Gasteiger partial charge in [-0.3, -0.25) is 5.41 Å². The summed E-state index contributed by atoms with van der Waals surface area (Å²) in [5.74, 6) is 0.810. The van der Waals surface area contributed by atoms with Crippen molar-refractivity contribution in [1.29, 1.82) is 5.41 Å². The maximum Gasteiger partial charge on any atom is 0.285 e. The highest BCUT2D eigenvalue weighted by atomic mass is 16.5. The largest absolute Gasteiger partial charge is 0.490 e. The van der Waals surface area contributed by atoms with E-state index in [0.717, 1.165) is 5.75 Å². The predicted octanol–water partition coefficient (Wildman–Crippen LogP) is 4.70. The first-order valence-electron chi connectivity index (χ1n) is 9.11. The smallest absolute Gasteiger partial charge is 0.285 e. The fourth-order valence-corrected chi connectivity index (χ4v) is 3.36. The van der Waals surface area contributed by atoms with E-state index in [0.29, 0.717) is 26.3 Å². The van der Waals surface area contributed by atoms with Crippen molar-refractivity contribution >= 4 is 6.02 Å². The zero-order valence-electron chi connectivity index (χ0n) is 15.1. The van der Waals surface area contributed by atoms with Crippen LogP contribution in [0.1, 0.15) is 11.1 Å². The van der Waals surface area contributed by atoms with Gasteiger partial charge in [0.25, 0.3) is 6.02 Å². The summed E-state index contributed by atoms with van der Waals surface area (Å²) in [7, 11) is 0. The molecule has 0 amide bonds. The number of nitrogens with zero attached hydrogens (tertiary/aromatic N) is 1. The Labute approximate surface area is 159 Å². The lowest BCUT2D eigenvalue weighted by Crippen LogP contribution is -2.31. The lowest BCUT2D eigenvalue weighted by molar-refractivity contribution is 0.171. The third kappa shape index (κ3) is 3.95. The molecule has 3 aromatic rings. The Hall–Kier alpha value is -3.27. The van der Waals surface area contributed by atoms with Crippen molar-refractivity contribution in [2.24, 2.45) is 0 Å². The average molecular weight is 358 g/mol. The Morgan fingerprint density at radius 2 is 1.30 bits per heavy atom. The zero-order chi connectivity index (χ0) is 18.5. The topological polar surface area (TPSA) is 45.6 Å². The molecule has 0 aliphatic carbocycles. The van der Waals surface area contributed by atoms with Crippen molar-refractivity contribution in [2.75, 3.05) is 13.2 Å². The number of fused-ring (bicyclic) bond motifs is 3. The number of para-hydroxylation sites is 1. The van der Waals surface area contributed by atoms with Crippen LogP contribution in [0, 0.1) is 5.41 Å². The van der Waals surface area contributed by atoms with E-state index in [-0.39, 0.29) is 6.02 Å². The highest BCUT2D eigenvalue weighted by Crippen LogP contribution is 2.32. The van der Waals surface area contributed by atoms with Crippen LogP contribution in [0.5, 0.6) is 5.75 Å². The molecule has 1 heterocycles. The van der Waals surface area contributed by atoms with E-state index in [4.69, 9.17) is 14.9 Å². The standard InChI is InChI=1S/C23H22N2O2/c24-23(27-15-14-26-20-10-2-1-3-11-20)25-16-18-8-4-6-12-21(18)22-13-7-5-9-19(22)17-25/h1-13,24H,14-17H2. The number of hydrogen-bond acceptors (Lipinski definition) is 3. The summed E-state index contributed by atoms with van der Waals surface area (Å²) >= 11 is 0. The second-order valence-corrected chi connectivity index (χ2v) is 6.49. The summed E-state index contributed by atoms with van der Waals surface area (Å²) in [6.45, 7) is 2.06. The normalized spacial score (nSPS) is 12.5. The molecule has 0 saturated heterocycles. The molecule has 3 aromatic carbocycles. The van der Waals surface area contributed by atoms with Crippen molar-refractivity contribution in [1.82, 2.24) is 4.90 Å². The van der Waals surface area contributed by atoms with Crippen LogP contribution in [0.25, 0.3) is 11.1 Å². The molecule has 0 aromatic heterocycles. The van der Waals surface area contributed by atoms with Crippen molar-refractivity contribution in [3.8, 4) is 16.9 Å². The molecule has 0 radical (unpaired) electrons. The van der Waals surface area contributed by atoms with Gasteiger partial charge in [-0.1, -0.05) is 66.7 Å². The predicted molar refractivity (Wildman–Crippen MR) is 107 cm³/mol. The van der Waals surface area contributed by atoms with Crippen molar-refractivity contribution in [3.63, 3.8) is 0 Å². The first-order valence-corrected chi connectivity index (χ1v) is 9.11. The van der Waals surface area contributed by atoms with Gasteiger partial charge in [-0.05, 0) is 34.4 Å². The second kappa shape index (κ2) is 7.96. The lowest BCUT2D eigenvalue weighted by Gasteiger charge is -2.23. The summed E-state index contributed by atoms with van der Waals surface area (Å²) in [4.78, 5) is 1.97. The first kappa shape index (κ1) is 17.2. The Morgan fingerprint density at radius 3 is 1.93 bits per heavy atom. The van der Waals surface area contributed by atoms with Crippen LogP contribution in [0.2, 0.25) is 0 Å². The summed E-state index contributed by atoms with van der Waals surface area (Å²) in [5, 5.41) is 8.39. The van der Waals surface area contributed by atoms with Gasteiger partial charge < -0.3 is 14.4 Å². The molecule has 4 nitrogen and oxygen atoms in total. The Morgan fingerprint density at radius 1 is 0.741 bits per heavy atom. The highest BCUT2D eigenvalue weighted by molar-refractivity contribution is 5.76. The van der Waals surface area contributed by atoms with E-state index in [1.807, 2.05) is 47.4 Å². The van der Waals surface area contributed by atoms with Gasteiger partial charge in [0, 0.05) is 13.1 Å². The second-order valence-electron chi connectivity index (χ2n) is 6.49. The third-order valence-corrected chi connectivity index (χ3v) is 4.67. The number of ether oxygens (including phenoxy) is 2. The molecule has 1 aliphatic heterocycles. The van der Waals surface area contributed by atoms with Gasteiger partial charge in [-0.25, -0.2) is 0 Å². The molecule has 4 heteroatoms. The number of benzene rings is 3. The summed E-state index contributed by atoms with van der Waals surface area (Å²) in [5.41, 5.74) is 4.87. The first-order chi connectivity index (χ1) is 13.3. The fourth-order valence-electron chi connectivity index (χ4n) is 3.36. The van der Waals surface area contributed by atoms with Crippen molar-refractivity contribution < 1.29 is 9.47 Å². The molecule has 136 valence electrons. The molecule has 0 unspecified atom stereocenters. The van der Waals surface area contributed by atoms with E-state index in [9.17, 15) is 0 Å². The molecule has 0 fully saturated rings. The van der Waals surface area contributed by atoms with Gasteiger partial charge in [0.1, 0.15) is 19.0 Å². The van der Waals surface area contributed by atoms with Crippen LogP contribution in [0.15, 0.2) is 78.9 Å². The molecule has 0 spiro atoms. The monoisotopic (exact) mass is 358 g/mol. The zero-order valence-corrected chi connectivity index (χ0v) is 15.1. The number of hydrogen-bond donors (Lipinski definition) is 1. The van der Waals surface area contributed by atoms with Gasteiger partial charge in [0.2, 0.25) is 0 Å². The van der Waals surface area contributed by atoms with Crippen LogP contribution in [0.3, 0.4) is 0 Å². The van der Waals surface area contributed by atoms with Crippen LogP contribution in [0.4, 0.5) is 0 Å². The van der Waals surface area contributed by atoms with E-state index in [2.05, 4.69) is 36.4 Å². The van der Waals surface area contributed by atoms with Gasteiger partial charge in [0.15, 0.2) is 0 Å². The Bertz CT molecular complexity index is 877. The van der Waals surface area contributed by atoms with Crippen LogP contribution < -0.4 is 4.74 Å². The lowest BCUT2D eigenvalue weighted by atomic mass is 9.97. The molecular weight excluding hydrogens is 336 g/mol. The minimum atomic E-state index is 0.179. The van der Waals surface area contributed by atoms with Gasteiger partial charge in [-0.2, -0.15) is 0 Å². The number of rotatable bonds is 4. The van der Waals surface area contributed by atoms with Crippen LogP contribution >= 0.6 is 0 Å². The summed E-state index contributed by atoms with van der Waals surface area (Å²) < 4.78 is 11.3. The molecule has 1 aliphatic rings. The third-order valence-electron chi connectivity index (χ3n) is 4.67. The maximum atomic E-state index is 8.39. The number of nitrogens with one attached hydrogen (secondary N) is 1. The molecule has 1 N–H and O–H groups in total. The Balaban J connectivity index is 1.42. The van der Waals surface area contributed by atoms with Gasteiger partial charge in [-0.15, -0.1) is 0 Å². The van der Waals surface area contributed by atoms with Crippen LogP contribution in [-0.2, 0) is 17.8 Å². The number of amidine groups is 1. The highest BCUT2D eigenvalue weighted by Gasteiger charge is 2.21. The summed E-state index contributed by atoms with van der Waals surface area (Å²) in [6, 6.07) is 26.6. The van der Waals surface area contributed by atoms with Crippen molar-refractivity contribution in [3.05, 3.63) is 90.0 Å². The van der Waals surface area contributed by atoms with E-state index in [1.165, 1.54) is 22.3 Å². The fraction of sp³-hybridized carbons (Fsp3) is 0.174. The van der Waals surface area contributed by atoms with E-state index in [1.54, 1.807) is 0 Å². The van der Waals surface area contributed by atoms with E-state index >= 15 is 0 Å². The molecule has 4 rings (SSSR count). The SMILES string of the molecule is N=C(OCCOc1ccccc1)N1Cc2ccccc2-c2ccccc2C1. The quantitative estimate of drug-likeness (QED) is 0.418. The molecular formula is C23H22N2O2.